The number of carbonyl (C=O) groups is 5. The number of aliphatic hydroxyl groups is 3. The van der Waals surface area contributed by atoms with Gasteiger partial charge in [-0.3, -0.25) is 43.0 Å². The number of rotatable bonds is 27. The zero-order valence-corrected chi connectivity index (χ0v) is 39.8. The second kappa shape index (κ2) is 26.1. The van der Waals surface area contributed by atoms with Crippen LogP contribution in [0.25, 0.3) is 0 Å². The van der Waals surface area contributed by atoms with Crippen molar-refractivity contribution in [3.05, 3.63) is 33.1 Å². The second-order valence-electron chi connectivity index (χ2n) is 17.8. The Hall–Kier alpha value is -4.42. The average molecular weight is 1010 g/mol. The van der Waals surface area contributed by atoms with Gasteiger partial charge in [-0.25, -0.2) is 13.8 Å². The highest BCUT2D eigenvalue weighted by atomic mass is 32.3. The zero-order chi connectivity index (χ0) is 51.3. The molecule has 3 aliphatic heterocycles. The van der Waals surface area contributed by atoms with Crippen molar-refractivity contribution in [1.29, 1.82) is 0 Å². The molecule has 1 amide bonds. The number of carboxylic acid groups (broad SMARTS) is 2. The molecule has 3 aliphatic rings. The summed E-state index contributed by atoms with van der Waals surface area (Å²) in [6.45, 7) is 2.61. The van der Waals surface area contributed by atoms with Crippen LogP contribution in [0.3, 0.4) is 0 Å². The number of nitrogens with one attached hydrogen (secondary N) is 1. The number of aromatic amines is 1. The number of aromatic nitrogens is 2. The predicted molar refractivity (Wildman–Crippen MR) is 235 cm³/mol. The van der Waals surface area contributed by atoms with Crippen molar-refractivity contribution >= 4 is 40.2 Å². The van der Waals surface area contributed by atoms with Crippen LogP contribution in [0.5, 0.6) is 0 Å². The molecule has 0 radical (unpaired) electrons. The van der Waals surface area contributed by atoms with Gasteiger partial charge in [0.05, 0.1) is 6.42 Å². The lowest BCUT2D eigenvalue weighted by Gasteiger charge is -2.38. The molecule has 3 saturated heterocycles. The number of unbranched alkanes of at least 4 members (excludes halogenated alkanes) is 8. The summed E-state index contributed by atoms with van der Waals surface area (Å²) in [6, 6.07) is -2.88. The maximum Gasteiger partial charge on any atom is 0.397 e. The summed E-state index contributed by atoms with van der Waals surface area (Å²) in [5, 5.41) is 53.4. The largest absolute Gasteiger partial charge is 0.481 e. The second-order valence-corrected chi connectivity index (χ2v) is 18.9. The number of hydrogen-bond acceptors (Lipinski definition) is 20. The molecule has 1 unspecified atom stereocenters. The van der Waals surface area contributed by atoms with Crippen molar-refractivity contribution < 1.29 is 90.3 Å². The van der Waals surface area contributed by atoms with Crippen LogP contribution in [0.1, 0.15) is 104 Å². The van der Waals surface area contributed by atoms with Crippen LogP contribution in [0.2, 0.25) is 0 Å². The van der Waals surface area contributed by atoms with Gasteiger partial charge in [-0.2, -0.15) is 8.42 Å². The average Bonchev–Trinajstić information content (AvgIpc) is 3.67. The number of nitrogens with two attached hydrogens (primary N) is 1. The Morgan fingerprint density at radius 3 is 2.12 bits per heavy atom. The Morgan fingerprint density at radius 1 is 0.899 bits per heavy atom. The van der Waals surface area contributed by atoms with E-state index in [1.807, 2.05) is 4.98 Å². The number of nitrogens with zero attached hydrogens (tertiary/aromatic N) is 3. The van der Waals surface area contributed by atoms with Crippen molar-refractivity contribution in [2.45, 2.75) is 177 Å². The van der Waals surface area contributed by atoms with E-state index >= 15 is 0 Å². The number of esters is 2. The van der Waals surface area contributed by atoms with Gasteiger partial charge in [0, 0.05) is 45.2 Å². The summed E-state index contributed by atoms with van der Waals surface area (Å²) in [6.07, 6.45) is -11.3. The molecule has 0 spiro atoms. The van der Waals surface area contributed by atoms with Gasteiger partial charge >= 0.3 is 40.0 Å². The van der Waals surface area contributed by atoms with Crippen molar-refractivity contribution in [1.82, 2.24) is 19.4 Å². The number of carboxylic acids is 2. The molecular formula is C42H67N5O21S. The molecule has 4 rings (SSSR count). The maximum absolute atomic E-state index is 14.6. The van der Waals surface area contributed by atoms with E-state index in [1.165, 1.54) is 7.05 Å². The van der Waals surface area contributed by atoms with Crippen LogP contribution >= 0.6 is 0 Å². The fraction of sp³-hybridized carbons (Fsp3) is 0.786. The molecule has 26 nitrogen and oxygen atoms in total. The highest BCUT2D eigenvalue weighted by Crippen LogP contribution is 2.37. The van der Waals surface area contributed by atoms with E-state index in [1.54, 1.807) is 6.92 Å². The third-order valence-corrected chi connectivity index (χ3v) is 12.8. The summed E-state index contributed by atoms with van der Waals surface area (Å²) in [7, 11) is -3.06. The molecule has 0 saturated carbocycles. The summed E-state index contributed by atoms with van der Waals surface area (Å²) in [5.41, 5.74) is 3.79. The number of carbonyl (C=O) groups excluding carboxylic acids is 3. The number of hydrogen-bond donors (Lipinski definition) is 8. The first kappa shape index (κ1) is 57.2. The van der Waals surface area contributed by atoms with Gasteiger partial charge in [-0.05, 0) is 25.8 Å². The van der Waals surface area contributed by atoms with E-state index in [0.29, 0.717) is 15.9 Å². The number of ether oxygens (including phenoxy) is 5. The van der Waals surface area contributed by atoms with Crippen LogP contribution < -0.4 is 17.0 Å². The van der Waals surface area contributed by atoms with Gasteiger partial charge in [0.2, 0.25) is 5.91 Å². The standard InChI is InChI=1S/C42H67N5O21S/c1-5-6-7-8-9-10-11-12-13-14-23(63-28(51)18-22(2)17-27(49)50)19-29(52)64-25-21-45(3)31(38(56)46(4)30(25)40(57)58)35(67-41-37(68-69(60,61)62)32(53)24(20-43)65-41)36-33(54)34(55)39(66-36)47-16-15-26(48)44-42(47)59/h15-16,22-25,30-37,39,41,53-55H,5-14,17-21,43H2,1-4H3,(H,49,50)(H,57,58)(H,44,48,59)(H,60,61,62)/t22?,23-,24-,25+,30+,31+,32-,33+,34-,35+,36+,37-,39-,41+/m1/s1. The molecule has 3 fully saturated rings. The lowest BCUT2D eigenvalue weighted by molar-refractivity contribution is -0.230. The van der Waals surface area contributed by atoms with Crippen LogP contribution in [-0.2, 0) is 62.2 Å². The first-order valence-electron chi connectivity index (χ1n) is 23.0. The quantitative estimate of drug-likeness (QED) is 0.0286. The fourth-order valence-corrected chi connectivity index (χ4v) is 9.31. The van der Waals surface area contributed by atoms with Gasteiger partial charge in [0.25, 0.3) is 5.56 Å². The van der Waals surface area contributed by atoms with E-state index in [4.69, 9.17) is 29.4 Å². The van der Waals surface area contributed by atoms with E-state index in [-0.39, 0.29) is 19.3 Å². The zero-order valence-electron chi connectivity index (χ0n) is 39.0. The highest BCUT2D eigenvalue weighted by molar-refractivity contribution is 7.80. The molecule has 9 N–H and O–H groups in total. The molecule has 4 heterocycles. The lowest BCUT2D eigenvalue weighted by Crippen LogP contribution is -2.60. The van der Waals surface area contributed by atoms with Crippen LogP contribution in [0.4, 0.5) is 0 Å². The van der Waals surface area contributed by atoms with Crippen LogP contribution in [0, 0.1) is 5.92 Å². The first-order valence-corrected chi connectivity index (χ1v) is 24.3. The normalized spacial score (nSPS) is 29.0. The molecule has 392 valence electrons. The molecule has 1 aromatic heterocycles. The minimum atomic E-state index is -5.36. The van der Waals surface area contributed by atoms with Gasteiger partial charge in [0.15, 0.2) is 24.7 Å². The van der Waals surface area contributed by atoms with Crippen LogP contribution in [-0.4, -0.2) is 188 Å². The van der Waals surface area contributed by atoms with Gasteiger partial charge in [-0.15, -0.1) is 0 Å². The summed E-state index contributed by atoms with van der Waals surface area (Å²) in [4.78, 5) is 94.1. The fourth-order valence-electron chi connectivity index (χ4n) is 8.83. The first-order chi connectivity index (χ1) is 32.5. The number of likely N-dealkylation sites (N-methyl/N-ethyl adjacent to an activating group) is 2. The van der Waals surface area contributed by atoms with Gasteiger partial charge in [-0.1, -0.05) is 65.2 Å². The molecule has 0 aromatic carbocycles. The Balaban J connectivity index is 1.65. The van der Waals surface area contributed by atoms with Crippen molar-refractivity contribution in [2.24, 2.45) is 11.7 Å². The number of aliphatic carboxylic acids is 2. The molecule has 27 heteroatoms. The molecule has 0 aliphatic carbocycles. The Bertz CT molecular complexity index is 2120. The Morgan fingerprint density at radius 2 is 1.54 bits per heavy atom. The summed E-state index contributed by atoms with van der Waals surface area (Å²) in [5.74, 6) is -6.27. The minimum absolute atomic E-state index is 0.212. The van der Waals surface area contributed by atoms with Gasteiger partial charge in [0.1, 0.15) is 54.9 Å². The molecule has 14 atom stereocenters. The van der Waals surface area contributed by atoms with Gasteiger partial charge < -0.3 is 59.9 Å². The molecule has 69 heavy (non-hydrogen) atoms. The third kappa shape index (κ3) is 16.0. The lowest BCUT2D eigenvalue weighted by atomic mass is 9.97. The summed E-state index contributed by atoms with van der Waals surface area (Å²) >= 11 is 0. The smallest absolute Gasteiger partial charge is 0.397 e. The topological polar surface area (TPSA) is 384 Å². The number of amides is 1. The summed E-state index contributed by atoms with van der Waals surface area (Å²) < 4.78 is 67.9. The Labute approximate surface area is 397 Å². The molecular weight excluding hydrogens is 943 g/mol. The van der Waals surface area contributed by atoms with E-state index in [2.05, 4.69) is 11.1 Å². The van der Waals surface area contributed by atoms with E-state index < -0.39 is 156 Å². The third-order valence-electron chi connectivity index (χ3n) is 12.3. The number of aliphatic hydroxyl groups excluding tert-OH is 3. The number of H-pyrrole nitrogens is 1. The molecule has 1 aromatic rings. The van der Waals surface area contributed by atoms with E-state index in [9.17, 15) is 72.1 Å². The maximum atomic E-state index is 14.6. The van der Waals surface area contributed by atoms with Crippen molar-refractivity contribution in [2.75, 3.05) is 27.2 Å². The highest BCUT2D eigenvalue weighted by Gasteiger charge is 2.58. The minimum Gasteiger partial charge on any atom is -0.481 e. The SMILES string of the molecule is CCCCCCCCCCC[C@H](CC(=O)O[C@H]1CN(C)[C@@H]([C@H](O[C@@H]2O[C@H](CN)[C@@H](O)[C@H]2OS(=O)(=O)O)[C@H]2O[C@@H](n3ccc(=O)[nH]c3=O)[C@H](O)[C@@H]2O)C(=O)N(C)[C@@H]1C(=O)O)OC(=O)CC(C)CC(=O)O. The van der Waals surface area contributed by atoms with E-state index in [0.717, 1.165) is 75.6 Å². The molecule has 0 bridgehead atoms. The van der Waals surface area contributed by atoms with Crippen molar-refractivity contribution in [3.63, 3.8) is 0 Å². The Kier molecular flexibility index (Phi) is 21.7. The monoisotopic (exact) mass is 1010 g/mol. The predicted octanol–water partition coefficient (Wildman–Crippen LogP) is -1.37. The van der Waals surface area contributed by atoms with Crippen LogP contribution in [0.15, 0.2) is 21.9 Å². The van der Waals surface area contributed by atoms with Crippen molar-refractivity contribution in [3.8, 4) is 0 Å².